The minimum atomic E-state index is -0.0884. The van der Waals surface area contributed by atoms with E-state index in [2.05, 4.69) is 36.4 Å². The molecular weight excluding hydrogens is 474 g/mol. The van der Waals surface area contributed by atoms with Crippen molar-refractivity contribution < 1.29 is 14.3 Å². The first-order valence-electron chi connectivity index (χ1n) is 13.4. The lowest BCUT2D eigenvalue weighted by Crippen LogP contribution is -2.29. The Balaban J connectivity index is 1.59. The Hall–Kier alpha value is -3.64. The van der Waals surface area contributed by atoms with Crippen LogP contribution in [-0.2, 0) is 17.6 Å². The number of nitrogens with zero attached hydrogens (tertiary/aromatic N) is 2. The van der Waals surface area contributed by atoms with E-state index in [-0.39, 0.29) is 11.8 Å². The average Bonchev–Trinajstić information content (AvgIpc) is 3.26. The van der Waals surface area contributed by atoms with Crippen molar-refractivity contribution in [3.05, 3.63) is 76.3 Å². The first-order valence-corrected chi connectivity index (χ1v) is 13.4. The van der Waals surface area contributed by atoms with Gasteiger partial charge in [-0.1, -0.05) is 12.1 Å². The molecule has 0 spiro atoms. The summed E-state index contributed by atoms with van der Waals surface area (Å²) in [5.41, 5.74) is 9.09. The van der Waals surface area contributed by atoms with E-state index < -0.39 is 0 Å². The van der Waals surface area contributed by atoms with E-state index in [9.17, 15) is 9.59 Å². The van der Waals surface area contributed by atoms with E-state index in [0.29, 0.717) is 18.7 Å². The molecule has 1 aliphatic rings. The highest BCUT2D eigenvalue weighted by Gasteiger charge is 2.28. The Bertz CT molecular complexity index is 1350. The highest BCUT2D eigenvalue weighted by Crippen LogP contribution is 2.37. The van der Waals surface area contributed by atoms with Crippen molar-refractivity contribution in [1.82, 2.24) is 4.90 Å². The summed E-state index contributed by atoms with van der Waals surface area (Å²) in [4.78, 5) is 29.2. The van der Waals surface area contributed by atoms with Crippen molar-refractivity contribution in [1.29, 1.82) is 0 Å². The predicted molar refractivity (Wildman–Crippen MR) is 156 cm³/mol. The number of carbonyl (C=O) groups is 2. The fourth-order valence-electron chi connectivity index (χ4n) is 5.24. The summed E-state index contributed by atoms with van der Waals surface area (Å²) in [6.45, 7) is 9.90. The van der Waals surface area contributed by atoms with Crippen LogP contribution in [0.15, 0.2) is 48.5 Å². The lowest BCUT2D eigenvalue weighted by Gasteiger charge is -2.21. The summed E-state index contributed by atoms with van der Waals surface area (Å²) in [5.74, 6) is 0.883. The van der Waals surface area contributed by atoms with Gasteiger partial charge in [-0.3, -0.25) is 9.59 Å². The molecule has 0 unspecified atom stereocenters. The molecule has 3 aromatic rings. The molecule has 2 amide bonds. The first kappa shape index (κ1) is 27.4. The van der Waals surface area contributed by atoms with E-state index in [4.69, 9.17) is 4.74 Å². The van der Waals surface area contributed by atoms with Crippen molar-refractivity contribution >= 4 is 23.2 Å². The van der Waals surface area contributed by atoms with Crippen molar-refractivity contribution in [2.45, 2.75) is 47.0 Å². The molecular formula is C32H39N3O3. The van der Waals surface area contributed by atoms with Gasteiger partial charge in [0, 0.05) is 30.4 Å². The number of amides is 2. The molecule has 0 radical (unpaired) electrons. The average molecular weight is 514 g/mol. The Morgan fingerprint density at radius 2 is 1.71 bits per heavy atom. The third-order valence-corrected chi connectivity index (χ3v) is 7.06. The standard InChI is InChI=1S/C32H39N3O3/c1-7-38-31-20-24-14-16-35(30(24)19-25(31)9-8-15-34(5)6)32(37)26-10-12-28(21(2)17-26)29-13-11-27(18-22(29)3)33-23(4)36/h10-13,17-20H,7-9,14-16H2,1-6H3,(H,33,36). The van der Waals surface area contributed by atoms with Gasteiger partial charge in [0.1, 0.15) is 5.75 Å². The number of hydrogen-bond donors (Lipinski definition) is 1. The number of hydrogen-bond acceptors (Lipinski definition) is 4. The quantitative estimate of drug-likeness (QED) is 0.380. The lowest BCUT2D eigenvalue weighted by atomic mass is 9.94. The maximum absolute atomic E-state index is 13.7. The molecule has 1 heterocycles. The largest absolute Gasteiger partial charge is 0.494 e. The number of fused-ring (bicyclic) bond motifs is 1. The summed E-state index contributed by atoms with van der Waals surface area (Å²) in [6.07, 6.45) is 2.78. The summed E-state index contributed by atoms with van der Waals surface area (Å²) < 4.78 is 5.97. The van der Waals surface area contributed by atoms with E-state index in [1.165, 1.54) is 12.5 Å². The van der Waals surface area contributed by atoms with Gasteiger partial charge in [-0.15, -0.1) is 0 Å². The molecule has 200 valence electrons. The van der Waals surface area contributed by atoms with Crippen LogP contribution in [0.1, 0.15) is 52.9 Å². The number of rotatable bonds is 9. The van der Waals surface area contributed by atoms with Crippen molar-refractivity contribution in [2.75, 3.05) is 44.0 Å². The Kier molecular flexibility index (Phi) is 8.52. The maximum atomic E-state index is 13.7. The molecule has 0 saturated carbocycles. The smallest absolute Gasteiger partial charge is 0.258 e. The number of benzene rings is 3. The van der Waals surface area contributed by atoms with Crippen LogP contribution in [-0.4, -0.2) is 50.5 Å². The van der Waals surface area contributed by atoms with Crippen molar-refractivity contribution in [3.63, 3.8) is 0 Å². The zero-order valence-corrected chi connectivity index (χ0v) is 23.5. The Labute approximate surface area is 226 Å². The van der Waals surface area contributed by atoms with Crippen LogP contribution >= 0.6 is 0 Å². The van der Waals surface area contributed by atoms with Crippen molar-refractivity contribution in [2.24, 2.45) is 0 Å². The molecule has 0 fully saturated rings. The van der Waals surface area contributed by atoms with Gasteiger partial charge in [-0.2, -0.15) is 0 Å². The van der Waals surface area contributed by atoms with Crippen LogP contribution in [0, 0.1) is 13.8 Å². The van der Waals surface area contributed by atoms with E-state index >= 15 is 0 Å². The fourth-order valence-corrected chi connectivity index (χ4v) is 5.24. The number of carbonyl (C=O) groups excluding carboxylic acids is 2. The summed E-state index contributed by atoms with van der Waals surface area (Å²) in [7, 11) is 4.17. The first-order chi connectivity index (χ1) is 18.2. The van der Waals surface area contributed by atoms with Crippen LogP contribution in [0.2, 0.25) is 0 Å². The fraction of sp³-hybridized carbons (Fsp3) is 0.375. The SMILES string of the molecule is CCOc1cc2c(cc1CCCN(C)C)N(C(=O)c1ccc(-c3ccc(NC(C)=O)cc3C)c(C)c1)CC2. The van der Waals surface area contributed by atoms with Crippen LogP contribution in [0.4, 0.5) is 11.4 Å². The summed E-state index contributed by atoms with van der Waals surface area (Å²) >= 11 is 0. The minimum absolute atomic E-state index is 0.0273. The number of nitrogens with one attached hydrogen (secondary N) is 1. The van der Waals surface area contributed by atoms with E-state index in [1.807, 2.05) is 62.1 Å². The van der Waals surface area contributed by atoms with Gasteiger partial charge in [-0.05, 0) is 130 Å². The number of anilines is 2. The second-order valence-electron chi connectivity index (χ2n) is 10.4. The summed E-state index contributed by atoms with van der Waals surface area (Å²) in [5, 5.41) is 2.83. The maximum Gasteiger partial charge on any atom is 0.258 e. The second-order valence-corrected chi connectivity index (χ2v) is 10.4. The van der Waals surface area contributed by atoms with E-state index in [0.717, 1.165) is 70.7 Å². The van der Waals surface area contributed by atoms with Gasteiger partial charge in [0.15, 0.2) is 0 Å². The minimum Gasteiger partial charge on any atom is -0.494 e. The molecule has 0 aliphatic carbocycles. The Morgan fingerprint density at radius 1 is 1.00 bits per heavy atom. The highest BCUT2D eigenvalue weighted by molar-refractivity contribution is 6.08. The normalized spacial score (nSPS) is 12.6. The zero-order chi connectivity index (χ0) is 27.4. The monoisotopic (exact) mass is 513 g/mol. The molecule has 38 heavy (non-hydrogen) atoms. The van der Waals surface area contributed by atoms with Crippen LogP contribution in [0.25, 0.3) is 11.1 Å². The molecule has 6 heteroatoms. The van der Waals surface area contributed by atoms with Gasteiger partial charge in [0.2, 0.25) is 5.91 Å². The lowest BCUT2D eigenvalue weighted by molar-refractivity contribution is -0.114. The molecule has 0 bridgehead atoms. The van der Waals surface area contributed by atoms with Crippen LogP contribution in [0.5, 0.6) is 5.75 Å². The van der Waals surface area contributed by atoms with Gasteiger partial charge in [0.25, 0.3) is 5.91 Å². The zero-order valence-electron chi connectivity index (χ0n) is 23.5. The van der Waals surface area contributed by atoms with Gasteiger partial charge in [-0.25, -0.2) is 0 Å². The second kappa shape index (κ2) is 11.8. The molecule has 1 N–H and O–H groups in total. The molecule has 0 aromatic heterocycles. The molecule has 4 rings (SSSR count). The topological polar surface area (TPSA) is 61.9 Å². The van der Waals surface area contributed by atoms with Crippen molar-refractivity contribution in [3.8, 4) is 16.9 Å². The predicted octanol–water partition coefficient (Wildman–Crippen LogP) is 6.02. The van der Waals surface area contributed by atoms with Crippen LogP contribution < -0.4 is 15.0 Å². The highest BCUT2D eigenvalue weighted by atomic mass is 16.5. The molecule has 6 nitrogen and oxygen atoms in total. The molecule has 3 aromatic carbocycles. The van der Waals surface area contributed by atoms with Gasteiger partial charge < -0.3 is 19.9 Å². The van der Waals surface area contributed by atoms with Gasteiger partial charge >= 0.3 is 0 Å². The van der Waals surface area contributed by atoms with Gasteiger partial charge in [0.05, 0.1) is 6.61 Å². The molecule has 1 aliphatic heterocycles. The third-order valence-electron chi connectivity index (χ3n) is 7.06. The van der Waals surface area contributed by atoms with E-state index in [1.54, 1.807) is 0 Å². The molecule has 0 atom stereocenters. The Morgan fingerprint density at radius 3 is 2.34 bits per heavy atom. The number of aryl methyl sites for hydroxylation is 3. The molecule has 0 saturated heterocycles. The summed E-state index contributed by atoms with van der Waals surface area (Å²) in [6, 6.07) is 16.2. The number of ether oxygens (including phenoxy) is 1. The van der Waals surface area contributed by atoms with Crippen LogP contribution in [0.3, 0.4) is 0 Å². The third kappa shape index (κ3) is 6.08.